The molecule has 0 radical (unpaired) electrons. The smallest absolute Gasteiger partial charge is 0.410 e. The Bertz CT molecular complexity index is 364. The van der Waals surface area contributed by atoms with Gasteiger partial charge in [0.15, 0.2) is 0 Å². The number of hydrogen-bond donors (Lipinski definition) is 2. The maximum absolute atomic E-state index is 11.9. The number of likely N-dealkylation sites (tertiary alicyclic amines) is 1. The minimum absolute atomic E-state index is 0.161. The van der Waals surface area contributed by atoms with Gasteiger partial charge in [-0.2, -0.15) is 0 Å². The van der Waals surface area contributed by atoms with Crippen molar-refractivity contribution >= 4 is 6.09 Å². The molecule has 0 saturated carbocycles. The highest BCUT2D eigenvalue weighted by atomic mass is 16.6. The summed E-state index contributed by atoms with van der Waals surface area (Å²) in [6.45, 7) is 6.74. The summed E-state index contributed by atoms with van der Waals surface area (Å²) in [4.78, 5) is 13.5. The molecule has 2 fully saturated rings. The molecule has 2 rings (SSSR count). The lowest BCUT2D eigenvalue weighted by atomic mass is 9.64. The second kappa shape index (κ2) is 5.16. The number of rotatable bonds is 2. The van der Waals surface area contributed by atoms with Gasteiger partial charge in [0, 0.05) is 19.7 Å². The van der Waals surface area contributed by atoms with Crippen molar-refractivity contribution in [3.05, 3.63) is 0 Å². The average Bonchev–Trinajstić information content (AvgIpc) is 2.26. The molecule has 0 aliphatic carbocycles. The summed E-state index contributed by atoms with van der Waals surface area (Å²) in [6.07, 6.45) is 0.960. The lowest BCUT2D eigenvalue weighted by Gasteiger charge is -2.57. The van der Waals surface area contributed by atoms with Crippen LogP contribution in [0.1, 0.15) is 33.6 Å². The Morgan fingerprint density at radius 3 is 2.50 bits per heavy atom. The molecular formula is C14H25NO5. The van der Waals surface area contributed by atoms with E-state index in [2.05, 4.69) is 0 Å². The van der Waals surface area contributed by atoms with Gasteiger partial charge in [-0.25, -0.2) is 4.79 Å². The first-order valence-electron chi connectivity index (χ1n) is 7.10. The zero-order chi connectivity index (χ0) is 15.0. The molecule has 2 N–H and O–H groups in total. The highest BCUT2D eigenvalue weighted by Crippen LogP contribution is 2.44. The number of carbonyl (C=O) groups is 1. The van der Waals surface area contributed by atoms with Crippen molar-refractivity contribution in [2.45, 2.75) is 44.8 Å². The van der Waals surface area contributed by atoms with Crippen LogP contribution in [-0.2, 0) is 9.47 Å². The topological polar surface area (TPSA) is 79.2 Å². The Balaban J connectivity index is 1.99. The van der Waals surface area contributed by atoms with Crippen molar-refractivity contribution in [3.63, 3.8) is 0 Å². The number of carbonyl (C=O) groups excluding carboxylic acids is 1. The van der Waals surface area contributed by atoms with Crippen LogP contribution in [0.5, 0.6) is 0 Å². The summed E-state index contributed by atoms with van der Waals surface area (Å²) in [6, 6.07) is 0. The Morgan fingerprint density at radius 1 is 1.40 bits per heavy atom. The van der Waals surface area contributed by atoms with Crippen molar-refractivity contribution in [3.8, 4) is 0 Å². The molecule has 2 aliphatic rings. The number of hydrogen-bond acceptors (Lipinski definition) is 5. The van der Waals surface area contributed by atoms with E-state index < -0.39 is 22.7 Å². The van der Waals surface area contributed by atoms with E-state index in [1.54, 1.807) is 0 Å². The van der Waals surface area contributed by atoms with E-state index in [1.807, 2.05) is 20.8 Å². The van der Waals surface area contributed by atoms with Crippen LogP contribution in [-0.4, -0.2) is 65.3 Å². The first-order valence-corrected chi connectivity index (χ1v) is 7.10. The fourth-order valence-electron chi connectivity index (χ4n) is 2.88. The molecule has 0 bridgehead atoms. The number of aliphatic hydroxyl groups is 2. The molecule has 0 spiro atoms. The summed E-state index contributed by atoms with van der Waals surface area (Å²) < 4.78 is 10.6. The van der Waals surface area contributed by atoms with Gasteiger partial charge in [0.05, 0.1) is 24.2 Å². The van der Waals surface area contributed by atoms with Crippen molar-refractivity contribution in [2.24, 2.45) is 5.41 Å². The minimum Gasteiger partial charge on any atom is -0.444 e. The zero-order valence-electron chi connectivity index (χ0n) is 12.5. The molecule has 0 aromatic rings. The van der Waals surface area contributed by atoms with Crippen LogP contribution in [0, 0.1) is 5.41 Å². The van der Waals surface area contributed by atoms with Crippen LogP contribution < -0.4 is 0 Å². The van der Waals surface area contributed by atoms with Gasteiger partial charge in [-0.15, -0.1) is 0 Å². The molecule has 116 valence electrons. The van der Waals surface area contributed by atoms with Crippen LogP contribution in [0.3, 0.4) is 0 Å². The van der Waals surface area contributed by atoms with Gasteiger partial charge in [0.2, 0.25) is 0 Å². The summed E-state index contributed by atoms with van der Waals surface area (Å²) in [5, 5.41) is 20.4. The van der Waals surface area contributed by atoms with E-state index in [4.69, 9.17) is 9.47 Å². The van der Waals surface area contributed by atoms with Crippen LogP contribution >= 0.6 is 0 Å². The third-order valence-corrected chi connectivity index (χ3v) is 4.15. The number of amides is 1. The Hall–Kier alpha value is -0.850. The predicted octanol–water partition coefficient (Wildman–Crippen LogP) is 0.757. The molecule has 2 aliphatic heterocycles. The van der Waals surface area contributed by atoms with Gasteiger partial charge in [-0.1, -0.05) is 0 Å². The quantitative estimate of drug-likeness (QED) is 0.784. The molecule has 6 heteroatoms. The predicted molar refractivity (Wildman–Crippen MR) is 72.3 cm³/mol. The Morgan fingerprint density at radius 2 is 2.05 bits per heavy atom. The number of nitrogens with zero attached hydrogens (tertiary/aromatic N) is 1. The fraction of sp³-hybridized carbons (Fsp3) is 0.929. The van der Waals surface area contributed by atoms with E-state index in [9.17, 15) is 15.0 Å². The van der Waals surface area contributed by atoms with Crippen LogP contribution in [0.2, 0.25) is 0 Å². The molecule has 1 unspecified atom stereocenters. The summed E-state index contributed by atoms with van der Waals surface area (Å²) in [7, 11) is 0. The van der Waals surface area contributed by atoms with Crippen molar-refractivity contribution in [1.29, 1.82) is 0 Å². The molecule has 1 atom stereocenters. The third kappa shape index (κ3) is 2.77. The lowest BCUT2D eigenvalue weighted by molar-refractivity contribution is -0.218. The normalized spacial score (nSPS) is 29.8. The van der Waals surface area contributed by atoms with E-state index in [1.165, 1.54) is 4.90 Å². The second-order valence-electron chi connectivity index (χ2n) is 6.96. The lowest BCUT2D eigenvalue weighted by Crippen LogP contribution is -2.72. The van der Waals surface area contributed by atoms with E-state index in [0.717, 1.165) is 6.42 Å². The van der Waals surface area contributed by atoms with Gasteiger partial charge in [-0.3, -0.25) is 0 Å². The summed E-state index contributed by atoms with van der Waals surface area (Å²) in [5.74, 6) is 0. The molecule has 0 aromatic carbocycles. The van der Waals surface area contributed by atoms with Crippen molar-refractivity contribution in [2.75, 3.05) is 32.9 Å². The molecule has 6 nitrogen and oxygen atoms in total. The van der Waals surface area contributed by atoms with Crippen molar-refractivity contribution in [1.82, 2.24) is 4.90 Å². The van der Waals surface area contributed by atoms with E-state index >= 15 is 0 Å². The second-order valence-corrected chi connectivity index (χ2v) is 6.96. The minimum atomic E-state index is -1.06. The largest absolute Gasteiger partial charge is 0.444 e. The molecule has 20 heavy (non-hydrogen) atoms. The fourth-order valence-corrected chi connectivity index (χ4v) is 2.88. The first kappa shape index (κ1) is 15.5. The maximum Gasteiger partial charge on any atom is 0.410 e. The number of ether oxygens (including phenoxy) is 2. The molecule has 0 aromatic heterocycles. The van der Waals surface area contributed by atoms with Crippen LogP contribution in [0.25, 0.3) is 0 Å². The van der Waals surface area contributed by atoms with Gasteiger partial charge in [0.25, 0.3) is 0 Å². The summed E-state index contributed by atoms with van der Waals surface area (Å²) >= 11 is 0. The molecule has 1 amide bonds. The van der Waals surface area contributed by atoms with Gasteiger partial charge in [0.1, 0.15) is 5.60 Å². The monoisotopic (exact) mass is 287 g/mol. The number of aliphatic hydroxyl groups excluding tert-OH is 1. The SMILES string of the molecule is CC(C)(C)OC(=O)N1CC(CO)(C2(O)CCCOC2)C1. The van der Waals surface area contributed by atoms with E-state index in [0.29, 0.717) is 26.1 Å². The molecule has 2 saturated heterocycles. The van der Waals surface area contributed by atoms with Crippen LogP contribution in [0.15, 0.2) is 0 Å². The highest BCUT2D eigenvalue weighted by Gasteiger charge is 2.59. The maximum atomic E-state index is 11.9. The average molecular weight is 287 g/mol. The molecule has 2 heterocycles. The van der Waals surface area contributed by atoms with Crippen molar-refractivity contribution < 1.29 is 24.5 Å². The van der Waals surface area contributed by atoms with Gasteiger partial charge >= 0.3 is 6.09 Å². The molecular weight excluding hydrogens is 262 g/mol. The summed E-state index contributed by atoms with van der Waals surface area (Å²) in [5.41, 5.74) is -2.29. The van der Waals surface area contributed by atoms with Gasteiger partial charge in [-0.05, 0) is 33.6 Å². The Labute approximate surface area is 119 Å². The first-order chi connectivity index (χ1) is 9.21. The Kier molecular flexibility index (Phi) is 4.01. The van der Waals surface area contributed by atoms with Gasteiger partial charge < -0.3 is 24.6 Å². The van der Waals surface area contributed by atoms with Crippen LogP contribution in [0.4, 0.5) is 4.79 Å². The highest BCUT2D eigenvalue weighted by molar-refractivity contribution is 5.69. The third-order valence-electron chi connectivity index (χ3n) is 4.15. The zero-order valence-corrected chi connectivity index (χ0v) is 12.5. The standard InChI is InChI=1S/C14H25NO5/c1-12(2,3)20-11(17)15-7-13(8-15,9-16)14(18)5-4-6-19-10-14/h16,18H,4-10H2,1-3H3. The van der Waals surface area contributed by atoms with E-state index in [-0.39, 0.29) is 13.2 Å².